The maximum absolute atomic E-state index is 13.4. The van der Waals surface area contributed by atoms with E-state index in [1.165, 1.54) is 12.8 Å². The smallest absolute Gasteiger partial charge is 0.241 e. The van der Waals surface area contributed by atoms with Crippen LogP contribution in [0.5, 0.6) is 0 Å². The molecule has 2 atom stereocenters. The Morgan fingerprint density at radius 1 is 1.07 bits per heavy atom. The number of carbonyl (C=O) groups excluding carboxylic acids is 1. The van der Waals surface area contributed by atoms with Gasteiger partial charge in [0, 0.05) is 80.5 Å². The van der Waals surface area contributed by atoms with Crippen molar-refractivity contribution >= 4 is 34.9 Å². The van der Waals surface area contributed by atoms with E-state index in [0.29, 0.717) is 28.0 Å². The van der Waals surface area contributed by atoms with Crippen molar-refractivity contribution in [3.63, 3.8) is 0 Å². The number of benzene rings is 1. The molecule has 2 saturated heterocycles. The van der Waals surface area contributed by atoms with E-state index >= 15 is 0 Å². The van der Waals surface area contributed by atoms with E-state index in [0.717, 1.165) is 81.3 Å². The Morgan fingerprint density at radius 2 is 1.85 bits per heavy atom. The number of hydrogen-bond acceptors (Lipinski definition) is 6. The van der Waals surface area contributed by atoms with E-state index in [1.807, 2.05) is 36.5 Å². The van der Waals surface area contributed by atoms with E-state index in [2.05, 4.69) is 36.9 Å². The summed E-state index contributed by atoms with van der Waals surface area (Å²) in [5.41, 5.74) is 1.91. The number of piperazine rings is 1. The Kier molecular flexibility index (Phi) is 8.81. The van der Waals surface area contributed by atoms with E-state index in [9.17, 15) is 4.79 Å². The van der Waals surface area contributed by atoms with Gasteiger partial charge in [0.05, 0.1) is 5.02 Å². The lowest BCUT2D eigenvalue weighted by Gasteiger charge is -2.48. The molecule has 0 spiro atoms. The largest absolute Gasteiger partial charge is 0.354 e. The predicted molar refractivity (Wildman–Crippen MR) is 164 cm³/mol. The minimum Gasteiger partial charge on any atom is -0.354 e. The zero-order valence-electron chi connectivity index (χ0n) is 23.6. The summed E-state index contributed by atoms with van der Waals surface area (Å²) in [5, 5.41) is 4.58. The molecule has 10 heteroatoms. The normalized spacial score (nSPS) is 21.6. The van der Waals surface area contributed by atoms with Gasteiger partial charge in [-0.25, -0.2) is 9.97 Å². The Balaban J connectivity index is 1.09. The van der Waals surface area contributed by atoms with Crippen LogP contribution >= 0.6 is 23.2 Å². The number of imidazole rings is 1. The number of aromatic nitrogens is 3. The maximum atomic E-state index is 13.4. The number of halogens is 2. The number of piperidine rings is 1. The van der Waals surface area contributed by atoms with Gasteiger partial charge in [-0.3, -0.25) is 14.6 Å². The predicted octanol–water partition coefficient (Wildman–Crippen LogP) is 5.41. The highest BCUT2D eigenvalue weighted by atomic mass is 35.5. The molecule has 8 nitrogen and oxygen atoms in total. The number of likely N-dealkylation sites (tertiary alicyclic amines) is 1. The topological polar surface area (TPSA) is 80.4 Å². The number of amides is 1. The standard InChI is InChI=1S/C31H39Cl2N7O/c1-2-25-20-39(30-27(33)17-23(19-36-30)29-34-11-12-35-29)15-16-40(25)26-9-13-38(14-10-26)28(22-5-7-24(32)8-6-22)31(41)37-18-21-3-4-21/h5-8,11-12,17,19,21,25-26,28H,2-4,9-10,13-16,18,20H2,1H3,(H,34,35)(H,37,41)/t25-,28+/m0/s1. The number of pyridine rings is 1. The third-order valence-electron chi connectivity index (χ3n) is 8.92. The van der Waals surface area contributed by atoms with Crippen molar-refractivity contribution < 1.29 is 4.79 Å². The van der Waals surface area contributed by atoms with Gasteiger partial charge in [-0.05, 0) is 61.8 Å². The minimum absolute atomic E-state index is 0.111. The zero-order valence-corrected chi connectivity index (χ0v) is 25.1. The van der Waals surface area contributed by atoms with Crippen LogP contribution in [0.15, 0.2) is 48.9 Å². The third-order valence-corrected chi connectivity index (χ3v) is 9.45. The van der Waals surface area contributed by atoms with Crippen molar-refractivity contribution in [1.29, 1.82) is 0 Å². The molecule has 2 aliphatic heterocycles. The Labute approximate surface area is 252 Å². The lowest BCUT2D eigenvalue weighted by Crippen LogP contribution is -2.59. The maximum Gasteiger partial charge on any atom is 0.241 e. The molecule has 1 saturated carbocycles. The number of rotatable bonds is 9. The molecule has 1 aliphatic carbocycles. The first-order chi connectivity index (χ1) is 20.0. The van der Waals surface area contributed by atoms with Gasteiger partial charge >= 0.3 is 0 Å². The monoisotopic (exact) mass is 595 g/mol. The second-order valence-corrected chi connectivity index (χ2v) is 12.5. The highest BCUT2D eigenvalue weighted by molar-refractivity contribution is 6.33. The van der Waals surface area contributed by atoms with E-state index in [4.69, 9.17) is 28.2 Å². The molecule has 0 unspecified atom stereocenters. The molecule has 41 heavy (non-hydrogen) atoms. The average Bonchev–Trinajstić information content (AvgIpc) is 3.67. The molecule has 6 rings (SSSR count). The summed E-state index contributed by atoms with van der Waals surface area (Å²) in [4.78, 5) is 33.0. The Morgan fingerprint density at radius 3 is 2.51 bits per heavy atom. The van der Waals surface area contributed by atoms with Crippen LogP contribution in [-0.2, 0) is 4.79 Å². The number of carbonyl (C=O) groups is 1. The van der Waals surface area contributed by atoms with Gasteiger partial charge in [0.2, 0.25) is 5.91 Å². The molecule has 1 amide bonds. The van der Waals surface area contributed by atoms with Crippen molar-refractivity contribution in [2.45, 2.75) is 57.2 Å². The number of aromatic amines is 1. The van der Waals surface area contributed by atoms with Crippen molar-refractivity contribution in [3.05, 3.63) is 64.5 Å². The van der Waals surface area contributed by atoms with Gasteiger partial charge in [-0.2, -0.15) is 0 Å². The van der Waals surface area contributed by atoms with Crippen LogP contribution in [-0.4, -0.2) is 82.0 Å². The molecule has 1 aromatic carbocycles. The van der Waals surface area contributed by atoms with Crippen LogP contribution in [0, 0.1) is 5.92 Å². The molecule has 3 aromatic rings. The number of hydrogen-bond donors (Lipinski definition) is 2. The van der Waals surface area contributed by atoms with Gasteiger partial charge < -0.3 is 15.2 Å². The van der Waals surface area contributed by atoms with Gasteiger partial charge in [-0.15, -0.1) is 0 Å². The summed E-state index contributed by atoms with van der Waals surface area (Å²) in [6.07, 6.45) is 11.0. The van der Waals surface area contributed by atoms with E-state index in [1.54, 1.807) is 12.4 Å². The molecule has 4 heterocycles. The van der Waals surface area contributed by atoms with Crippen molar-refractivity contribution in [2.24, 2.45) is 5.92 Å². The van der Waals surface area contributed by atoms with Crippen LogP contribution in [0.3, 0.4) is 0 Å². The molecule has 218 valence electrons. The summed E-state index contributed by atoms with van der Waals surface area (Å²) in [6, 6.07) is 10.4. The Hall–Kier alpha value is -2.65. The van der Waals surface area contributed by atoms with Gasteiger partial charge in [0.15, 0.2) is 0 Å². The highest BCUT2D eigenvalue weighted by Crippen LogP contribution is 2.33. The fourth-order valence-electron chi connectivity index (χ4n) is 6.43. The number of H-pyrrole nitrogens is 1. The van der Waals surface area contributed by atoms with Gasteiger partial charge in [0.1, 0.15) is 17.7 Å². The van der Waals surface area contributed by atoms with Crippen LogP contribution in [0.2, 0.25) is 10.0 Å². The molecule has 0 bridgehead atoms. The van der Waals surface area contributed by atoms with Crippen LogP contribution < -0.4 is 10.2 Å². The van der Waals surface area contributed by atoms with Crippen molar-refractivity contribution in [1.82, 2.24) is 30.1 Å². The van der Waals surface area contributed by atoms with Crippen LogP contribution in [0.4, 0.5) is 5.82 Å². The van der Waals surface area contributed by atoms with Crippen LogP contribution in [0.25, 0.3) is 11.4 Å². The lowest BCUT2D eigenvalue weighted by atomic mass is 9.95. The first-order valence-corrected chi connectivity index (χ1v) is 15.7. The zero-order chi connectivity index (χ0) is 28.3. The Bertz CT molecular complexity index is 1310. The van der Waals surface area contributed by atoms with Gasteiger partial charge in [-0.1, -0.05) is 42.3 Å². The average molecular weight is 597 g/mol. The summed E-state index contributed by atoms with van der Waals surface area (Å²) < 4.78 is 0. The highest BCUT2D eigenvalue weighted by Gasteiger charge is 2.37. The molecular formula is C31H39Cl2N7O. The molecule has 0 radical (unpaired) electrons. The van der Waals surface area contributed by atoms with Gasteiger partial charge in [0.25, 0.3) is 0 Å². The lowest BCUT2D eigenvalue weighted by molar-refractivity contribution is -0.127. The van der Waals surface area contributed by atoms with E-state index < -0.39 is 0 Å². The summed E-state index contributed by atoms with van der Waals surface area (Å²) in [5.74, 6) is 2.38. The first kappa shape index (κ1) is 28.5. The summed E-state index contributed by atoms with van der Waals surface area (Å²) in [6.45, 7) is 7.61. The third kappa shape index (κ3) is 6.56. The number of anilines is 1. The minimum atomic E-state index is -0.275. The molecule has 2 N–H and O–H groups in total. The quantitative estimate of drug-likeness (QED) is 0.344. The van der Waals surface area contributed by atoms with Crippen molar-refractivity contribution in [3.8, 4) is 11.4 Å². The second-order valence-electron chi connectivity index (χ2n) is 11.6. The second kappa shape index (κ2) is 12.7. The van der Waals surface area contributed by atoms with E-state index in [-0.39, 0.29) is 11.9 Å². The van der Waals surface area contributed by atoms with Crippen LogP contribution in [0.1, 0.15) is 50.6 Å². The number of nitrogens with one attached hydrogen (secondary N) is 2. The molecule has 3 fully saturated rings. The molecule has 3 aliphatic rings. The SMILES string of the molecule is CC[C@H]1CN(c2ncc(-c3ncc[nH]3)cc2Cl)CCN1C1CCN([C@@H](C(=O)NCC2CC2)c2ccc(Cl)cc2)CC1. The van der Waals surface area contributed by atoms with Crippen molar-refractivity contribution in [2.75, 3.05) is 44.2 Å². The first-order valence-electron chi connectivity index (χ1n) is 14.9. The number of nitrogens with zero attached hydrogens (tertiary/aromatic N) is 5. The molecule has 2 aromatic heterocycles. The fourth-order valence-corrected chi connectivity index (χ4v) is 6.85. The molecular weight excluding hydrogens is 557 g/mol. The summed E-state index contributed by atoms with van der Waals surface area (Å²) >= 11 is 12.9. The fraction of sp³-hybridized carbons (Fsp3) is 0.516. The summed E-state index contributed by atoms with van der Waals surface area (Å²) in [7, 11) is 0.